The maximum Gasteiger partial charge on any atom is 0.267 e. The number of fused-ring (bicyclic) bond motifs is 2. The van der Waals surface area contributed by atoms with Crippen LogP contribution in [0.1, 0.15) is 60.0 Å². The normalized spacial score (nSPS) is 24.9. The van der Waals surface area contributed by atoms with Gasteiger partial charge in [-0.05, 0) is 44.9 Å². The van der Waals surface area contributed by atoms with Crippen LogP contribution in [0.5, 0.6) is 0 Å². The lowest BCUT2D eigenvalue weighted by atomic mass is 9.91. The molecule has 2 aromatic heterocycles. The zero-order valence-electron chi connectivity index (χ0n) is 14.9. The van der Waals surface area contributed by atoms with E-state index >= 15 is 0 Å². The van der Waals surface area contributed by atoms with Gasteiger partial charge in [0.05, 0.1) is 30.6 Å². The Balaban J connectivity index is 1.25. The molecule has 0 aromatic carbocycles. The molecule has 138 valence electrons. The second kappa shape index (κ2) is 6.78. The zero-order chi connectivity index (χ0) is 17.5. The fourth-order valence-electron chi connectivity index (χ4n) is 4.38. The molecule has 7 heteroatoms. The van der Waals surface area contributed by atoms with E-state index in [9.17, 15) is 4.79 Å². The molecule has 1 N–H and O–H groups in total. The van der Waals surface area contributed by atoms with Gasteiger partial charge in [0.15, 0.2) is 5.13 Å². The lowest BCUT2D eigenvalue weighted by Gasteiger charge is -2.30. The molecule has 6 nitrogen and oxygen atoms in total. The van der Waals surface area contributed by atoms with Crippen LogP contribution in [0.4, 0.5) is 5.13 Å². The van der Waals surface area contributed by atoms with Crippen molar-refractivity contribution in [2.75, 3.05) is 11.9 Å². The first-order chi connectivity index (χ1) is 12.8. The van der Waals surface area contributed by atoms with Crippen molar-refractivity contribution >= 4 is 16.5 Å². The monoisotopic (exact) mass is 372 g/mol. The van der Waals surface area contributed by atoms with E-state index in [-0.39, 0.29) is 11.6 Å². The molecule has 5 rings (SSSR count). The highest BCUT2D eigenvalue weighted by Crippen LogP contribution is 2.34. The highest BCUT2D eigenvalue weighted by molar-refractivity contribution is 7.15. The van der Waals surface area contributed by atoms with Gasteiger partial charge in [-0.15, -0.1) is 11.3 Å². The van der Waals surface area contributed by atoms with E-state index < -0.39 is 0 Å². The molecular formula is C19H24N4O2S. The van der Waals surface area contributed by atoms with Crippen LogP contribution in [0.25, 0.3) is 0 Å². The van der Waals surface area contributed by atoms with Crippen LogP contribution in [0.3, 0.4) is 0 Å². The molecule has 0 atom stereocenters. The average molecular weight is 372 g/mol. The van der Waals surface area contributed by atoms with Crippen molar-refractivity contribution in [3.05, 3.63) is 38.2 Å². The van der Waals surface area contributed by atoms with Crippen LogP contribution in [-0.4, -0.2) is 27.4 Å². The topological polar surface area (TPSA) is 69.0 Å². The second-order valence-electron chi connectivity index (χ2n) is 7.59. The Labute approximate surface area is 156 Å². The number of thiazole rings is 1. The van der Waals surface area contributed by atoms with E-state index in [1.807, 2.05) is 11.3 Å². The van der Waals surface area contributed by atoms with Gasteiger partial charge in [0, 0.05) is 29.0 Å². The predicted octanol–water partition coefficient (Wildman–Crippen LogP) is 2.86. The van der Waals surface area contributed by atoms with Gasteiger partial charge in [0.1, 0.15) is 0 Å². The largest absolute Gasteiger partial charge is 0.376 e. The first kappa shape index (κ1) is 16.4. The lowest BCUT2D eigenvalue weighted by molar-refractivity contribution is 0.107. The summed E-state index contributed by atoms with van der Waals surface area (Å²) in [6, 6.07) is 2.40. The fourth-order valence-corrected chi connectivity index (χ4v) is 5.51. The number of rotatable bonds is 3. The molecule has 0 spiro atoms. The lowest BCUT2D eigenvalue weighted by Crippen LogP contribution is -2.35. The van der Waals surface area contributed by atoms with Crippen LogP contribution in [0.2, 0.25) is 0 Å². The number of hydrogen-bond acceptors (Lipinski definition) is 6. The van der Waals surface area contributed by atoms with Gasteiger partial charge in [-0.1, -0.05) is 0 Å². The van der Waals surface area contributed by atoms with Crippen molar-refractivity contribution in [1.29, 1.82) is 0 Å². The number of aromatic nitrogens is 3. The third kappa shape index (κ3) is 3.07. The summed E-state index contributed by atoms with van der Waals surface area (Å²) in [5, 5.41) is 9.39. The number of ether oxygens (including phenoxy) is 1. The van der Waals surface area contributed by atoms with Crippen LogP contribution >= 0.6 is 11.3 Å². The molecular weight excluding hydrogens is 348 g/mol. The summed E-state index contributed by atoms with van der Waals surface area (Å²) in [6.07, 6.45) is 8.50. The number of hydrogen-bond donors (Lipinski definition) is 1. The van der Waals surface area contributed by atoms with Crippen molar-refractivity contribution < 1.29 is 4.74 Å². The van der Waals surface area contributed by atoms with Gasteiger partial charge in [-0.2, -0.15) is 5.10 Å². The van der Waals surface area contributed by atoms with E-state index in [4.69, 9.17) is 9.72 Å². The molecule has 3 aliphatic rings. The predicted molar refractivity (Wildman–Crippen MR) is 101 cm³/mol. The van der Waals surface area contributed by atoms with Gasteiger partial charge in [-0.3, -0.25) is 4.79 Å². The number of aryl methyl sites for hydroxylation is 2. The van der Waals surface area contributed by atoms with Gasteiger partial charge in [0.25, 0.3) is 5.56 Å². The second-order valence-corrected chi connectivity index (χ2v) is 8.68. The van der Waals surface area contributed by atoms with Crippen LogP contribution < -0.4 is 10.9 Å². The Kier molecular flexibility index (Phi) is 4.29. The van der Waals surface area contributed by atoms with Gasteiger partial charge >= 0.3 is 0 Å². The first-order valence-electron chi connectivity index (χ1n) is 9.71. The minimum atomic E-state index is 0.0157. The molecule has 1 aliphatic heterocycles. The van der Waals surface area contributed by atoms with Crippen molar-refractivity contribution in [3.63, 3.8) is 0 Å². The summed E-state index contributed by atoms with van der Waals surface area (Å²) < 4.78 is 7.16. The molecule has 0 amide bonds. The molecule has 3 heterocycles. The van der Waals surface area contributed by atoms with E-state index in [0.717, 1.165) is 54.9 Å². The van der Waals surface area contributed by atoms with Crippen LogP contribution in [0, 0.1) is 0 Å². The molecule has 1 fully saturated rings. The van der Waals surface area contributed by atoms with Gasteiger partial charge < -0.3 is 10.1 Å². The van der Waals surface area contributed by atoms with E-state index in [0.29, 0.717) is 19.3 Å². The molecule has 2 aliphatic carbocycles. The highest BCUT2D eigenvalue weighted by atomic mass is 32.1. The highest BCUT2D eigenvalue weighted by Gasteiger charge is 2.26. The number of nitrogens with one attached hydrogen (secondary N) is 1. The summed E-state index contributed by atoms with van der Waals surface area (Å²) in [5.41, 5.74) is 3.32. The summed E-state index contributed by atoms with van der Waals surface area (Å²) in [7, 11) is 0. The minimum absolute atomic E-state index is 0.0157. The van der Waals surface area contributed by atoms with Gasteiger partial charge in [-0.25, -0.2) is 9.67 Å². The summed E-state index contributed by atoms with van der Waals surface area (Å²) >= 11 is 1.83. The maximum atomic E-state index is 12.5. The molecule has 2 aromatic rings. The Morgan fingerprint density at radius 1 is 1.15 bits per heavy atom. The fraction of sp³-hybridized carbons (Fsp3) is 0.632. The quantitative estimate of drug-likeness (QED) is 0.897. The van der Waals surface area contributed by atoms with E-state index in [1.54, 1.807) is 10.7 Å². The van der Waals surface area contributed by atoms with E-state index in [2.05, 4.69) is 10.4 Å². The van der Waals surface area contributed by atoms with Crippen LogP contribution in [0.15, 0.2) is 10.9 Å². The summed E-state index contributed by atoms with van der Waals surface area (Å²) in [4.78, 5) is 18.7. The Morgan fingerprint density at radius 2 is 2.04 bits per heavy atom. The molecule has 0 radical (unpaired) electrons. The number of nitrogens with zero attached hydrogens (tertiary/aromatic N) is 3. The Morgan fingerprint density at radius 3 is 2.88 bits per heavy atom. The molecule has 0 saturated heterocycles. The minimum Gasteiger partial charge on any atom is -0.376 e. The third-order valence-electron chi connectivity index (χ3n) is 5.83. The Bertz CT molecular complexity index is 845. The first-order valence-corrected chi connectivity index (χ1v) is 10.5. The van der Waals surface area contributed by atoms with Crippen LogP contribution in [-0.2, 0) is 30.6 Å². The smallest absolute Gasteiger partial charge is 0.267 e. The molecule has 0 bridgehead atoms. The Hall–Kier alpha value is -1.73. The molecule has 0 unspecified atom stereocenters. The van der Waals surface area contributed by atoms with Crippen molar-refractivity contribution in [3.8, 4) is 0 Å². The average Bonchev–Trinajstić information content (AvgIpc) is 3.23. The molecule has 1 saturated carbocycles. The maximum absolute atomic E-state index is 12.5. The van der Waals surface area contributed by atoms with Gasteiger partial charge in [0.2, 0.25) is 0 Å². The molecule has 26 heavy (non-hydrogen) atoms. The SMILES string of the molecule is O=c1cc2c(nn1C1CCC(Nc3nc4c(s3)CCC4)CC1)CCOC2. The summed E-state index contributed by atoms with van der Waals surface area (Å²) in [5.74, 6) is 0. The van der Waals surface area contributed by atoms with Crippen molar-refractivity contribution in [2.24, 2.45) is 0 Å². The zero-order valence-corrected chi connectivity index (χ0v) is 15.7. The summed E-state index contributed by atoms with van der Waals surface area (Å²) in [6.45, 7) is 1.22. The third-order valence-corrected chi connectivity index (χ3v) is 6.92. The van der Waals surface area contributed by atoms with E-state index in [1.165, 1.54) is 23.4 Å². The van der Waals surface area contributed by atoms with Crippen molar-refractivity contribution in [1.82, 2.24) is 14.8 Å². The van der Waals surface area contributed by atoms with Crippen molar-refractivity contribution in [2.45, 2.75) is 70.1 Å². The number of anilines is 1. The standard InChI is InChI=1S/C19H24N4O2S/c24-18-10-12-11-25-9-8-15(12)22-23(18)14-6-4-13(5-7-14)20-19-21-16-2-1-3-17(16)26-19/h10,13-14H,1-9,11H2,(H,20,21).